The van der Waals surface area contributed by atoms with E-state index in [0.29, 0.717) is 6.42 Å². The summed E-state index contributed by atoms with van der Waals surface area (Å²) < 4.78 is 0. The zero-order valence-corrected chi connectivity index (χ0v) is 8.20. The van der Waals surface area contributed by atoms with Crippen LogP contribution in [-0.2, 0) is 4.79 Å². The smallest absolute Gasteiger partial charge is 0.157 e. The first-order chi connectivity index (χ1) is 6.73. The number of nitrogens with zero attached hydrogens (tertiary/aromatic N) is 1. The molecule has 4 aliphatic rings. The minimum absolute atomic E-state index is 0.0150. The second-order valence-electron chi connectivity index (χ2n) is 4.87. The standard InChI is InChI=1S/C11H15NO2/c13-7-11-4-8(5-11)6-12(11)9-1-2-10(14)3-9/h3,8,13H,1-2,4-7H2. The van der Waals surface area contributed by atoms with Crippen molar-refractivity contribution in [3.63, 3.8) is 0 Å². The molecule has 0 aromatic heterocycles. The van der Waals surface area contributed by atoms with Gasteiger partial charge in [-0.1, -0.05) is 0 Å². The fourth-order valence-electron chi connectivity index (χ4n) is 3.25. The number of rotatable bonds is 2. The summed E-state index contributed by atoms with van der Waals surface area (Å²) in [7, 11) is 0. The van der Waals surface area contributed by atoms with Gasteiger partial charge in [0.15, 0.2) is 5.78 Å². The Bertz CT molecular complexity index is 315. The highest BCUT2D eigenvalue weighted by atomic mass is 16.3. The maximum absolute atomic E-state index is 11.2. The van der Waals surface area contributed by atoms with Gasteiger partial charge in [0.25, 0.3) is 0 Å². The highest BCUT2D eigenvalue weighted by molar-refractivity contribution is 5.92. The molecule has 4 rings (SSSR count). The third kappa shape index (κ3) is 0.934. The minimum atomic E-state index is 0.0150. The third-order valence-electron chi connectivity index (χ3n) is 3.95. The Morgan fingerprint density at radius 1 is 1.50 bits per heavy atom. The topological polar surface area (TPSA) is 40.5 Å². The zero-order valence-electron chi connectivity index (χ0n) is 8.20. The molecule has 2 heterocycles. The second kappa shape index (κ2) is 2.60. The quantitative estimate of drug-likeness (QED) is 0.701. The predicted octanol–water partition coefficient (Wildman–Crippen LogP) is 0.690. The van der Waals surface area contributed by atoms with E-state index in [4.69, 9.17) is 0 Å². The first-order valence-electron chi connectivity index (χ1n) is 5.35. The Hall–Kier alpha value is -0.830. The monoisotopic (exact) mass is 193 g/mol. The zero-order chi connectivity index (χ0) is 9.76. The number of aliphatic hydroxyl groups is 1. The molecule has 2 saturated heterocycles. The molecule has 14 heavy (non-hydrogen) atoms. The van der Waals surface area contributed by atoms with E-state index in [1.54, 1.807) is 6.08 Å². The molecule has 0 unspecified atom stereocenters. The molecule has 1 saturated carbocycles. The fourth-order valence-corrected chi connectivity index (χ4v) is 3.25. The highest BCUT2D eigenvalue weighted by Gasteiger charge is 2.56. The molecule has 0 amide bonds. The SMILES string of the molecule is O=C1C=C(N2CC3CC2(CO)C3)CC1. The summed E-state index contributed by atoms with van der Waals surface area (Å²) in [5, 5.41) is 9.41. The minimum Gasteiger partial charge on any atom is -0.394 e. The first kappa shape index (κ1) is 8.48. The Kier molecular flexibility index (Phi) is 1.57. The van der Waals surface area contributed by atoms with Gasteiger partial charge in [0, 0.05) is 24.7 Å². The van der Waals surface area contributed by atoms with Gasteiger partial charge in [-0.25, -0.2) is 0 Å². The lowest BCUT2D eigenvalue weighted by molar-refractivity contribution is -0.114. The van der Waals surface area contributed by atoms with Gasteiger partial charge in [-0.2, -0.15) is 0 Å². The summed E-state index contributed by atoms with van der Waals surface area (Å²) in [5.41, 5.74) is 1.19. The van der Waals surface area contributed by atoms with E-state index in [2.05, 4.69) is 4.90 Å². The molecule has 2 bridgehead atoms. The van der Waals surface area contributed by atoms with Gasteiger partial charge < -0.3 is 10.0 Å². The van der Waals surface area contributed by atoms with E-state index < -0.39 is 0 Å². The summed E-state index contributed by atoms with van der Waals surface area (Å²) in [5.74, 6) is 1.01. The number of aliphatic hydroxyl groups excluding tert-OH is 1. The van der Waals surface area contributed by atoms with Gasteiger partial charge in [0.2, 0.25) is 0 Å². The average Bonchev–Trinajstić information content (AvgIpc) is 2.72. The van der Waals surface area contributed by atoms with Crippen LogP contribution in [0.1, 0.15) is 25.7 Å². The lowest BCUT2D eigenvalue weighted by Crippen LogP contribution is -2.48. The van der Waals surface area contributed by atoms with E-state index in [1.165, 1.54) is 5.70 Å². The van der Waals surface area contributed by atoms with Crippen LogP contribution in [0.25, 0.3) is 0 Å². The Morgan fingerprint density at radius 3 is 2.86 bits per heavy atom. The van der Waals surface area contributed by atoms with Crippen LogP contribution in [-0.4, -0.2) is 34.5 Å². The lowest BCUT2D eigenvalue weighted by Gasteiger charge is -2.42. The first-order valence-corrected chi connectivity index (χ1v) is 5.35. The van der Waals surface area contributed by atoms with Crippen molar-refractivity contribution in [1.82, 2.24) is 4.90 Å². The number of hydrogen-bond acceptors (Lipinski definition) is 3. The number of carbonyl (C=O) groups excluding carboxylic acids is 1. The van der Waals surface area contributed by atoms with E-state index in [0.717, 1.165) is 31.7 Å². The number of ketones is 1. The van der Waals surface area contributed by atoms with Crippen LogP contribution in [0.15, 0.2) is 11.8 Å². The molecule has 1 N–H and O–H groups in total. The van der Waals surface area contributed by atoms with Gasteiger partial charge in [-0.3, -0.25) is 4.79 Å². The average molecular weight is 193 g/mol. The third-order valence-corrected chi connectivity index (χ3v) is 3.95. The van der Waals surface area contributed by atoms with Crippen molar-refractivity contribution in [2.45, 2.75) is 31.2 Å². The van der Waals surface area contributed by atoms with Gasteiger partial charge >= 0.3 is 0 Å². The van der Waals surface area contributed by atoms with Gasteiger partial charge in [-0.15, -0.1) is 0 Å². The number of carbonyl (C=O) groups is 1. The molecule has 3 fully saturated rings. The predicted molar refractivity (Wildman–Crippen MR) is 51.6 cm³/mol. The van der Waals surface area contributed by atoms with E-state index in [9.17, 15) is 9.90 Å². The molecule has 2 aliphatic heterocycles. The highest BCUT2D eigenvalue weighted by Crippen LogP contribution is 2.52. The van der Waals surface area contributed by atoms with Crippen LogP contribution in [0.4, 0.5) is 0 Å². The molecular formula is C11H15NO2. The molecule has 0 aromatic rings. The molecule has 2 aliphatic carbocycles. The maximum atomic E-state index is 11.2. The summed E-state index contributed by atoms with van der Waals surface area (Å²) in [6.07, 6.45) is 5.56. The summed E-state index contributed by atoms with van der Waals surface area (Å²) in [4.78, 5) is 13.5. The second-order valence-corrected chi connectivity index (χ2v) is 4.87. The Labute approximate surface area is 83.4 Å². The van der Waals surface area contributed by atoms with Gasteiger partial charge in [0.05, 0.1) is 12.1 Å². The van der Waals surface area contributed by atoms with Crippen molar-refractivity contribution in [3.8, 4) is 0 Å². The van der Waals surface area contributed by atoms with Crippen molar-refractivity contribution in [3.05, 3.63) is 11.8 Å². The molecule has 0 radical (unpaired) electrons. The molecule has 76 valence electrons. The van der Waals surface area contributed by atoms with E-state index in [-0.39, 0.29) is 17.9 Å². The molecule has 0 spiro atoms. The van der Waals surface area contributed by atoms with Gasteiger partial charge in [-0.05, 0) is 25.2 Å². The maximum Gasteiger partial charge on any atom is 0.157 e. The molecule has 3 nitrogen and oxygen atoms in total. The molecule has 0 aromatic carbocycles. The fraction of sp³-hybridized carbons (Fsp3) is 0.727. The summed E-state index contributed by atoms with van der Waals surface area (Å²) in [6, 6.07) is 0. The van der Waals surface area contributed by atoms with E-state index >= 15 is 0 Å². The van der Waals surface area contributed by atoms with Crippen molar-refractivity contribution in [2.24, 2.45) is 5.92 Å². The van der Waals surface area contributed by atoms with Crippen LogP contribution in [0.2, 0.25) is 0 Å². The Morgan fingerprint density at radius 2 is 2.29 bits per heavy atom. The van der Waals surface area contributed by atoms with Crippen molar-refractivity contribution in [2.75, 3.05) is 13.2 Å². The van der Waals surface area contributed by atoms with Crippen LogP contribution in [0.3, 0.4) is 0 Å². The van der Waals surface area contributed by atoms with Crippen LogP contribution >= 0.6 is 0 Å². The molecule has 0 atom stereocenters. The Balaban J connectivity index is 1.86. The van der Waals surface area contributed by atoms with Crippen molar-refractivity contribution < 1.29 is 9.90 Å². The number of hydrogen-bond donors (Lipinski definition) is 1. The number of fused-ring (bicyclic) bond motifs is 1. The molecule has 3 heteroatoms. The normalized spacial score (nSPS) is 40.1. The van der Waals surface area contributed by atoms with E-state index in [1.807, 2.05) is 0 Å². The molecular weight excluding hydrogens is 178 g/mol. The van der Waals surface area contributed by atoms with Crippen LogP contribution < -0.4 is 0 Å². The van der Waals surface area contributed by atoms with Crippen molar-refractivity contribution in [1.29, 1.82) is 0 Å². The summed E-state index contributed by atoms with van der Waals surface area (Å²) >= 11 is 0. The summed E-state index contributed by atoms with van der Waals surface area (Å²) in [6.45, 7) is 1.30. The van der Waals surface area contributed by atoms with Crippen LogP contribution in [0.5, 0.6) is 0 Å². The van der Waals surface area contributed by atoms with Crippen molar-refractivity contribution >= 4 is 5.78 Å². The largest absolute Gasteiger partial charge is 0.394 e. The van der Waals surface area contributed by atoms with Crippen LogP contribution in [0, 0.1) is 5.92 Å². The number of allylic oxidation sites excluding steroid dienone is 2. The van der Waals surface area contributed by atoms with Gasteiger partial charge in [0.1, 0.15) is 0 Å². The lowest BCUT2D eigenvalue weighted by atomic mass is 9.74.